The van der Waals surface area contributed by atoms with Crippen LogP contribution in [0.3, 0.4) is 0 Å². The van der Waals surface area contributed by atoms with Crippen LogP contribution in [0.1, 0.15) is 9.67 Å². The van der Waals surface area contributed by atoms with Gasteiger partial charge in [-0.2, -0.15) is 0 Å². The minimum atomic E-state index is -0.601. The van der Waals surface area contributed by atoms with Gasteiger partial charge in [-0.25, -0.2) is 4.79 Å². The van der Waals surface area contributed by atoms with Gasteiger partial charge in [0.2, 0.25) is 0 Å². The van der Waals surface area contributed by atoms with E-state index in [1.165, 1.54) is 23.3 Å². The first kappa shape index (κ1) is 19.6. The van der Waals surface area contributed by atoms with Crippen molar-refractivity contribution in [1.82, 2.24) is 4.90 Å². The molecule has 2 amide bonds. The SMILES string of the molecule is COC(=O)C1=C(Nc2ccc(NC(=O)c3cccs3)cc2)C(=O)N(CCO)C1. The maximum atomic E-state index is 12.5. The molecule has 28 heavy (non-hydrogen) atoms. The highest BCUT2D eigenvalue weighted by atomic mass is 32.1. The van der Waals surface area contributed by atoms with Crippen molar-refractivity contribution in [3.05, 3.63) is 57.9 Å². The highest BCUT2D eigenvalue weighted by molar-refractivity contribution is 7.12. The van der Waals surface area contributed by atoms with Crippen LogP contribution < -0.4 is 10.6 Å². The third kappa shape index (κ3) is 4.21. The van der Waals surface area contributed by atoms with E-state index in [1.807, 2.05) is 5.38 Å². The van der Waals surface area contributed by atoms with Gasteiger partial charge in [0, 0.05) is 17.9 Å². The Kier molecular flexibility index (Phi) is 6.07. The Balaban J connectivity index is 1.73. The number of benzene rings is 1. The normalized spacial score (nSPS) is 13.6. The number of carbonyl (C=O) groups excluding carboxylic acids is 3. The van der Waals surface area contributed by atoms with E-state index in [9.17, 15) is 14.4 Å². The molecule has 1 aliphatic heterocycles. The van der Waals surface area contributed by atoms with Gasteiger partial charge >= 0.3 is 5.97 Å². The van der Waals surface area contributed by atoms with E-state index in [-0.39, 0.29) is 42.8 Å². The fourth-order valence-electron chi connectivity index (χ4n) is 2.73. The number of nitrogens with one attached hydrogen (secondary N) is 2. The standard InChI is InChI=1S/C19H19N3O5S/c1-27-19(26)14-11-22(8-9-23)18(25)16(14)20-12-4-6-13(7-5-12)21-17(24)15-3-2-10-28-15/h2-7,10,20,23H,8-9,11H2,1H3,(H,21,24). The van der Waals surface area contributed by atoms with Crippen LogP contribution in [0.5, 0.6) is 0 Å². The molecule has 1 aromatic heterocycles. The van der Waals surface area contributed by atoms with Crippen molar-refractivity contribution < 1.29 is 24.2 Å². The van der Waals surface area contributed by atoms with Crippen LogP contribution in [0.15, 0.2) is 53.0 Å². The average Bonchev–Trinajstić information content (AvgIpc) is 3.34. The van der Waals surface area contributed by atoms with E-state index in [0.717, 1.165) is 0 Å². The van der Waals surface area contributed by atoms with Crippen LogP contribution in [-0.4, -0.2) is 54.6 Å². The van der Waals surface area contributed by atoms with Crippen LogP contribution in [0.4, 0.5) is 11.4 Å². The Morgan fingerprint density at radius 3 is 2.54 bits per heavy atom. The topological polar surface area (TPSA) is 108 Å². The zero-order valence-electron chi connectivity index (χ0n) is 15.1. The minimum Gasteiger partial charge on any atom is -0.466 e. The van der Waals surface area contributed by atoms with Gasteiger partial charge in [-0.3, -0.25) is 9.59 Å². The van der Waals surface area contributed by atoms with E-state index >= 15 is 0 Å². The maximum absolute atomic E-state index is 12.5. The molecule has 146 valence electrons. The lowest BCUT2D eigenvalue weighted by molar-refractivity contribution is -0.136. The largest absolute Gasteiger partial charge is 0.466 e. The van der Waals surface area contributed by atoms with E-state index in [0.29, 0.717) is 16.3 Å². The monoisotopic (exact) mass is 401 g/mol. The summed E-state index contributed by atoms with van der Waals surface area (Å²) in [6.45, 7) is -0.00629. The molecule has 3 N–H and O–H groups in total. The van der Waals surface area contributed by atoms with Gasteiger partial charge in [-0.05, 0) is 35.7 Å². The molecule has 2 aromatic rings. The summed E-state index contributed by atoms with van der Waals surface area (Å²) in [5.74, 6) is -1.18. The van der Waals surface area contributed by atoms with Gasteiger partial charge < -0.3 is 25.4 Å². The fourth-order valence-corrected chi connectivity index (χ4v) is 3.35. The zero-order valence-corrected chi connectivity index (χ0v) is 15.9. The number of anilines is 2. The molecule has 9 heteroatoms. The van der Waals surface area contributed by atoms with Crippen LogP contribution >= 0.6 is 11.3 Å². The summed E-state index contributed by atoms with van der Waals surface area (Å²) in [6.07, 6.45) is 0. The lowest BCUT2D eigenvalue weighted by Gasteiger charge is -2.15. The Morgan fingerprint density at radius 1 is 1.21 bits per heavy atom. The first-order chi connectivity index (χ1) is 13.5. The van der Waals surface area contributed by atoms with Gasteiger partial charge in [0.15, 0.2) is 0 Å². The van der Waals surface area contributed by atoms with E-state index in [4.69, 9.17) is 9.84 Å². The van der Waals surface area contributed by atoms with Crippen LogP contribution in [0.25, 0.3) is 0 Å². The molecule has 0 fully saturated rings. The van der Waals surface area contributed by atoms with E-state index < -0.39 is 5.97 Å². The molecule has 0 atom stereocenters. The summed E-state index contributed by atoms with van der Waals surface area (Å²) in [5, 5.41) is 16.7. The van der Waals surface area contributed by atoms with Gasteiger partial charge in [-0.15, -0.1) is 11.3 Å². The predicted molar refractivity (Wildman–Crippen MR) is 105 cm³/mol. The van der Waals surface area contributed by atoms with Crippen molar-refractivity contribution >= 4 is 40.5 Å². The summed E-state index contributed by atoms with van der Waals surface area (Å²) in [6, 6.07) is 10.3. The molecule has 0 radical (unpaired) electrons. The summed E-state index contributed by atoms with van der Waals surface area (Å²) in [4.78, 5) is 38.6. The highest BCUT2D eigenvalue weighted by Gasteiger charge is 2.34. The Labute approximate surface area is 165 Å². The second-order valence-corrected chi connectivity index (χ2v) is 6.88. The molecular formula is C19H19N3O5S. The first-order valence-corrected chi connectivity index (χ1v) is 9.35. The number of rotatable bonds is 7. The average molecular weight is 401 g/mol. The summed E-state index contributed by atoms with van der Waals surface area (Å²) in [5.41, 5.74) is 1.50. The summed E-state index contributed by atoms with van der Waals surface area (Å²) >= 11 is 1.35. The molecule has 3 rings (SSSR count). The third-order valence-corrected chi connectivity index (χ3v) is 4.98. The molecule has 8 nitrogen and oxygen atoms in total. The summed E-state index contributed by atoms with van der Waals surface area (Å²) in [7, 11) is 1.25. The van der Waals surface area contributed by atoms with Gasteiger partial charge in [-0.1, -0.05) is 6.07 Å². The van der Waals surface area contributed by atoms with Crippen molar-refractivity contribution in [3.8, 4) is 0 Å². The van der Waals surface area contributed by atoms with Crippen molar-refractivity contribution in [2.45, 2.75) is 0 Å². The minimum absolute atomic E-state index is 0.0728. The number of ether oxygens (including phenoxy) is 1. The number of hydrogen-bond acceptors (Lipinski definition) is 7. The third-order valence-electron chi connectivity index (χ3n) is 4.11. The number of thiophene rings is 1. The number of methoxy groups -OCH3 is 1. The van der Waals surface area contributed by atoms with Gasteiger partial charge in [0.25, 0.3) is 11.8 Å². The first-order valence-electron chi connectivity index (χ1n) is 8.47. The van der Waals surface area contributed by atoms with Crippen molar-refractivity contribution in [1.29, 1.82) is 0 Å². The van der Waals surface area contributed by atoms with Crippen molar-refractivity contribution in [3.63, 3.8) is 0 Å². The number of nitrogens with zero attached hydrogens (tertiary/aromatic N) is 1. The quantitative estimate of drug-likeness (QED) is 0.609. The van der Waals surface area contributed by atoms with Gasteiger partial charge in [0.1, 0.15) is 5.70 Å². The molecule has 0 bridgehead atoms. The number of aliphatic hydroxyl groups is 1. The molecule has 0 aliphatic carbocycles. The molecular weight excluding hydrogens is 382 g/mol. The second kappa shape index (κ2) is 8.68. The number of aliphatic hydroxyl groups excluding tert-OH is 1. The maximum Gasteiger partial charge on any atom is 0.337 e. The van der Waals surface area contributed by atoms with E-state index in [2.05, 4.69) is 10.6 Å². The van der Waals surface area contributed by atoms with E-state index in [1.54, 1.807) is 36.4 Å². The lowest BCUT2D eigenvalue weighted by atomic mass is 10.2. The van der Waals surface area contributed by atoms with Crippen LogP contribution in [0.2, 0.25) is 0 Å². The molecule has 1 aliphatic rings. The van der Waals surface area contributed by atoms with Crippen molar-refractivity contribution in [2.24, 2.45) is 0 Å². The molecule has 0 saturated heterocycles. The van der Waals surface area contributed by atoms with Crippen LogP contribution in [0, 0.1) is 0 Å². The van der Waals surface area contributed by atoms with Crippen molar-refractivity contribution in [2.75, 3.05) is 37.4 Å². The number of amides is 2. The molecule has 1 aromatic carbocycles. The van der Waals surface area contributed by atoms with Crippen LogP contribution in [-0.2, 0) is 14.3 Å². The Morgan fingerprint density at radius 2 is 1.93 bits per heavy atom. The second-order valence-electron chi connectivity index (χ2n) is 5.93. The molecule has 0 saturated carbocycles. The smallest absolute Gasteiger partial charge is 0.337 e. The fraction of sp³-hybridized carbons (Fsp3) is 0.211. The molecule has 0 unspecified atom stereocenters. The van der Waals surface area contributed by atoms with Gasteiger partial charge in [0.05, 0.1) is 30.7 Å². The number of carbonyl (C=O) groups is 3. The number of hydrogen-bond donors (Lipinski definition) is 3. The Hall–Kier alpha value is -3.17. The number of β-amino-alcohol motifs (C(OH)–C–C–N with tert-alkyl or cyclic N) is 1. The number of esters is 1. The molecule has 0 spiro atoms. The summed E-state index contributed by atoms with van der Waals surface area (Å²) < 4.78 is 4.75. The lowest BCUT2D eigenvalue weighted by Crippen LogP contribution is -2.31. The Bertz CT molecular complexity index is 906. The highest BCUT2D eigenvalue weighted by Crippen LogP contribution is 2.24. The predicted octanol–water partition coefficient (Wildman–Crippen LogP) is 1.67. The molecule has 2 heterocycles. The zero-order chi connectivity index (χ0) is 20.1.